The number of carbonyl (C=O) groups excluding carboxylic acids is 1. The highest BCUT2D eigenvalue weighted by atomic mass is 35.5. The van der Waals surface area contributed by atoms with E-state index in [0.717, 1.165) is 12.8 Å². The van der Waals surface area contributed by atoms with E-state index in [0.29, 0.717) is 35.8 Å². The summed E-state index contributed by atoms with van der Waals surface area (Å²) in [5.41, 5.74) is 6.62. The summed E-state index contributed by atoms with van der Waals surface area (Å²) in [6, 6.07) is 4.88. The smallest absolute Gasteiger partial charge is 0.303 e. The minimum atomic E-state index is -0.788. The van der Waals surface area contributed by atoms with Crippen LogP contribution in [0.15, 0.2) is 18.2 Å². The van der Waals surface area contributed by atoms with Crippen LogP contribution < -0.4 is 5.73 Å². The van der Waals surface area contributed by atoms with Gasteiger partial charge in [-0.1, -0.05) is 11.6 Å². The molecule has 1 aromatic carbocycles. The first-order chi connectivity index (χ1) is 9.97. The molecule has 0 aliphatic carbocycles. The Morgan fingerprint density at radius 3 is 2.86 bits per heavy atom. The van der Waals surface area contributed by atoms with Crippen LogP contribution in [0.3, 0.4) is 0 Å². The van der Waals surface area contributed by atoms with Crippen molar-refractivity contribution >= 4 is 29.2 Å². The largest absolute Gasteiger partial charge is 0.481 e. The lowest BCUT2D eigenvalue weighted by atomic mass is 9.93. The number of amides is 1. The molecular formula is C15H19ClN2O3. The zero-order valence-corrected chi connectivity index (χ0v) is 12.5. The van der Waals surface area contributed by atoms with E-state index in [-0.39, 0.29) is 18.2 Å². The van der Waals surface area contributed by atoms with Gasteiger partial charge in [0.05, 0.1) is 10.7 Å². The summed E-state index contributed by atoms with van der Waals surface area (Å²) in [5.74, 6) is -0.608. The van der Waals surface area contributed by atoms with Crippen molar-refractivity contribution in [2.24, 2.45) is 5.92 Å². The number of piperidine rings is 1. The number of nitrogen functional groups attached to an aromatic ring is 1. The molecular weight excluding hydrogens is 292 g/mol. The van der Waals surface area contributed by atoms with Crippen molar-refractivity contribution in [3.63, 3.8) is 0 Å². The van der Waals surface area contributed by atoms with Gasteiger partial charge in [0.15, 0.2) is 0 Å². The van der Waals surface area contributed by atoms with Gasteiger partial charge in [0.25, 0.3) is 5.91 Å². The molecule has 114 valence electrons. The highest BCUT2D eigenvalue weighted by molar-refractivity contribution is 6.33. The van der Waals surface area contributed by atoms with Gasteiger partial charge in [-0.05, 0) is 43.4 Å². The first-order valence-corrected chi connectivity index (χ1v) is 7.41. The van der Waals surface area contributed by atoms with Gasteiger partial charge in [-0.3, -0.25) is 9.59 Å². The summed E-state index contributed by atoms with van der Waals surface area (Å²) in [6.07, 6.45) is 2.64. The van der Waals surface area contributed by atoms with Crippen LogP contribution in [0.25, 0.3) is 0 Å². The van der Waals surface area contributed by atoms with Crippen LogP contribution >= 0.6 is 11.6 Å². The monoisotopic (exact) mass is 310 g/mol. The second-order valence-corrected chi connectivity index (χ2v) is 5.84. The molecule has 1 fully saturated rings. The lowest BCUT2D eigenvalue weighted by Gasteiger charge is -2.32. The first-order valence-electron chi connectivity index (χ1n) is 7.03. The van der Waals surface area contributed by atoms with Gasteiger partial charge in [0.2, 0.25) is 0 Å². The number of hydrogen-bond donors (Lipinski definition) is 2. The molecule has 3 N–H and O–H groups in total. The third kappa shape index (κ3) is 4.11. The molecule has 1 atom stereocenters. The van der Waals surface area contributed by atoms with Gasteiger partial charge in [-0.25, -0.2) is 0 Å². The van der Waals surface area contributed by atoms with Gasteiger partial charge >= 0.3 is 5.97 Å². The van der Waals surface area contributed by atoms with Crippen molar-refractivity contribution in [2.75, 3.05) is 18.8 Å². The normalized spacial score (nSPS) is 18.5. The van der Waals surface area contributed by atoms with Crippen LogP contribution in [0.2, 0.25) is 5.02 Å². The topological polar surface area (TPSA) is 83.6 Å². The second kappa shape index (κ2) is 6.80. The van der Waals surface area contributed by atoms with E-state index >= 15 is 0 Å². The Bertz CT molecular complexity index is 548. The second-order valence-electron chi connectivity index (χ2n) is 5.43. The Kier molecular flexibility index (Phi) is 5.07. The molecule has 1 saturated heterocycles. The number of carboxylic acid groups (broad SMARTS) is 1. The average Bonchev–Trinajstić information content (AvgIpc) is 2.47. The molecule has 1 aromatic rings. The van der Waals surface area contributed by atoms with Crippen molar-refractivity contribution in [1.29, 1.82) is 0 Å². The molecule has 0 saturated carbocycles. The number of likely N-dealkylation sites (tertiary alicyclic amines) is 1. The average molecular weight is 311 g/mol. The van der Waals surface area contributed by atoms with E-state index in [1.165, 1.54) is 0 Å². The molecule has 0 spiro atoms. The first kappa shape index (κ1) is 15.6. The van der Waals surface area contributed by atoms with Crippen LogP contribution in [0, 0.1) is 5.92 Å². The van der Waals surface area contributed by atoms with E-state index in [1.54, 1.807) is 23.1 Å². The summed E-state index contributed by atoms with van der Waals surface area (Å²) in [7, 11) is 0. The number of halogens is 1. The van der Waals surface area contributed by atoms with Crippen LogP contribution in [0.1, 0.15) is 36.0 Å². The van der Waals surface area contributed by atoms with Crippen molar-refractivity contribution in [1.82, 2.24) is 4.90 Å². The molecule has 1 unspecified atom stereocenters. The van der Waals surface area contributed by atoms with Crippen LogP contribution in [-0.4, -0.2) is 35.0 Å². The Hall–Kier alpha value is -1.75. The molecule has 6 heteroatoms. The van der Waals surface area contributed by atoms with Crippen LogP contribution in [0.4, 0.5) is 5.69 Å². The number of anilines is 1. The van der Waals surface area contributed by atoms with Crippen molar-refractivity contribution in [3.05, 3.63) is 28.8 Å². The number of rotatable bonds is 4. The van der Waals surface area contributed by atoms with E-state index < -0.39 is 5.97 Å². The van der Waals surface area contributed by atoms with E-state index in [4.69, 9.17) is 22.4 Å². The van der Waals surface area contributed by atoms with E-state index in [2.05, 4.69) is 0 Å². The zero-order valence-electron chi connectivity index (χ0n) is 11.7. The molecule has 1 amide bonds. The predicted molar refractivity (Wildman–Crippen MR) is 81.4 cm³/mol. The molecule has 0 aromatic heterocycles. The number of carboxylic acids is 1. The summed E-state index contributed by atoms with van der Waals surface area (Å²) in [6.45, 7) is 1.30. The maximum Gasteiger partial charge on any atom is 0.303 e. The van der Waals surface area contributed by atoms with Gasteiger partial charge in [-0.2, -0.15) is 0 Å². The van der Waals surface area contributed by atoms with Crippen molar-refractivity contribution in [2.45, 2.75) is 25.7 Å². The minimum absolute atomic E-state index is 0.0723. The van der Waals surface area contributed by atoms with Gasteiger partial charge in [0, 0.05) is 25.1 Å². The third-order valence-electron chi connectivity index (χ3n) is 3.82. The lowest BCUT2D eigenvalue weighted by Crippen LogP contribution is -2.40. The number of nitrogens with zero attached hydrogens (tertiary/aromatic N) is 1. The summed E-state index contributed by atoms with van der Waals surface area (Å²) >= 11 is 5.95. The Labute approximate surface area is 128 Å². The number of nitrogens with two attached hydrogens (primary N) is 1. The fraction of sp³-hybridized carbons (Fsp3) is 0.467. The van der Waals surface area contributed by atoms with Crippen molar-refractivity contribution in [3.8, 4) is 0 Å². The minimum Gasteiger partial charge on any atom is -0.481 e. The van der Waals surface area contributed by atoms with E-state index in [1.807, 2.05) is 0 Å². The Balaban J connectivity index is 2.01. The third-order valence-corrected chi connectivity index (χ3v) is 4.15. The number of carbonyl (C=O) groups is 2. The molecule has 1 heterocycles. The van der Waals surface area contributed by atoms with Crippen LogP contribution in [0.5, 0.6) is 0 Å². The van der Waals surface area contributed by atoms with Gasteiger partial charge in [-0.15, -0.1) is 0 Å². The SMILES string of the molecule is Nc1ccc(C(=O)N2CCCC(CCC(=O)O)C2)cc1Cl. The molecule has 1 aliphatic heterocycles. The highest BCUT2D eigenvalue weighted by Crippen LogP contribution is 2.24. The molecule has 5 nitrogen and oxygen atoms in total. The molecule has 2 rings (SSSR count). The zero-order chi connectivity index (χ0) is 15.4. The van der Waals surface area contributed by atoms with Crippen molar-refractivity contribution < 1.29 is 14.7 Å². The fourth-order valence-corrected chi connectivity index (χ4v) is 2.84. The van der Waals surface area contributed by atoms with Gasteiger partial charge < -0.3 is 15.7 Å². The number of aliphatic carboxylic acids is 1. The summed E-state index contributed by atoms with van der Waals surface area (Å²) in [4.78, 5) is 24.9. The van der Waals surface area contributed by atoms with Gasteiger partial charge in [0.1, 0.15) is 0 Å². The predicted octanol–water partition coefficient (Wildman–Crippen LogP) is 2.64. The Morgan fingerprint density at radius 1 is 1.43 bits per heavy atom. The quantitative estimate of drug-likeness (QED) is 0.837. The summed E-state index contributed by atoms with van der Waals surface area (Å²) < 4.78 is 0. The number of hydrogen-bond acceptors (Lipinski definition) is 3. The van der Waals surface area contributed by atoms with Crippen LogP contribution in [-0.2, 0) is 4.79 Å². The Morgan fingerprint density at radius 2 is 2.19 bits per heavy atom. The summed E-state index contributed by atoms with van der Waals surface area (Å²) in [5, 5.41) is 9.12. The fourth-order valence-electron chi connectivity index (χ4n) is 2.66. The molecule has 21 heavy (non-hydrogen) atoms. The molecule has 1 aliphatic rings. The molecule has 0 radical (unpaired) electrons. The highest BCUT2D eigenvalue weighted by Gasteiger charge is 2.25. The standard InChI is InChI=1S/C15H19ClN2O3/c16-12-8-11(4-5-13(12)17)15(21)18-7-1-2-10(9-18)3-6-14(19)20/h4-5,8,10H,1-3,6-7,9,17H2,(H,19,20). The maximum atomic E-state index is 12.5. The van der Waals surface area contributed by atoms with E-state index in [9.17, 15) is 9.59 Å². The maximum absolute atomic E-state index is 12.5. The number of benzene rings is 1. The molecule has 0 bridgehead atoms. The lowest BCUT2D eigenvalue weighted by molar-refractivity contribution is -0.137.